The molecular formula is C13H20N2OS. The number of thioether (sulfide) groups is 1. The molecule has 0 radical (unpaired) electrons. The number of aryl methyl sites for hydroxylation is 1. The minimum Gasteiger partial charge on any atom is -0.348 e. The van der Waals surface area contributed by atoms with Crippen LogP contribution in [0.3, 0.4) is 0 Å². The molecule has 0 spiro atoms. The van der Waals surface area contributed by atoms with E-state index in [0.29, 0.717) is 6.54 Å². The minimum atomic E-state index is 0.222. The summed E-state index contributed by atoms with van der Waals surface area (Å²) in [7, 11) is 1.92. The lowest BCUT2D eigenvalue weighted by molar-refractivity contribution is 0.0919. The second kappa shape index (κ2) is 4.86. The molecule has 0 aromatic carbocycles. The van der Waals surface area contributed by atoms with Crippen LogP contribution in [0.25, 0.3) is 0 Å². The van der Waals surface area contributed by atoms with Gasteiger partial charge in [-0.1, -0.05) is 0 Å². The summed E-state index contributed by atoms with van der Waals surface area (Å²) in [4.78, 5) is 14.4. The van der Waals surface area contributed by atoms with E-state index < -0.39 is 0 Å². The smallest absolute Gasteiger partial charge is 0.193 e. The molecule has 1 aromatic heterocycles. The van der Waals surface area contributed by atoms with Crippen molar-refractivity contribution in [2.45, 2.75) is 18.6 Å². The number of ketones is 1. The predicted molar refractivity (Wildman–Crippen MR) is 72.7 cm³/mol. The lowest BCUT2D eigenvalue weighted by Gasteiger charge is -2.37. The Hall–Kier alpha value is -0.740. The Labute approximate surface area is 107 Å². The van der Waals surface area contributed by atoms with E-state index in [1.165, 1.54) is 0 Å². The number of Topliss-reactive ketones (excluding diaryl/α,β-unsaturated/α-hetero) is 1. The number of carbonyl (C=O) groups excluding carboxylic acids is 1. The highest BCUT2D eigenvalue weighted by Gasteiger charge is 2.28. The van der Waals surface area contributed by atoms with E-state index >= 15 is 0 Å². The first kappa shape index (κ1) is 12.7. The van der Waals surface area contributed by atoms with Crippen LogP contribution in [0.1, 0.15) is 24.3 Å². The van der Waals surface area contributed by atoms with E-state index in [1.54, 1.807) is 0 Å². The van der Waals surface area contributed by atoms with Crippen molar-refractivity contribution in [3.63, 3.8) is 0 Å². The first-order valence-corrected chi connectivity index (χ1v) is 6.97. The molecule has 2 heterocycles. The maximum absolute atomic E-state index is 12.1. The highest BCUT2D eigenvalue weighted by molar-refractivity contribution is 8.00. The van der Waals surface area contributed by atoms with Gasteiger partial charge in [-0.25, -0.2) is 0 Å². The maximum Gasteiger partial charge on any atom is 0.193 e. The summed E-state index contributed by atoms with van der Waals surface area (Å²) in [6.07, 6.45) is 1.92. The Balaban J connectivity index is 1.98. The van der Waals surface area contributed by atoms with E-state index in [2.05, 4.69) is 18.7 Å². The molecule has 1 aromatic rings. The highest BCUT2D eigenvalue weighted by atomic mass is 32.2. The van der Waals surface area contributed by atoms with Crippen molar-refractivity contribution in [3.8, 4) is 0 Å². The molecular weight excluding hydrogens is 232 g/mol. The lowest BCUT2D eigenvalue weighted by Crippen LogP contribution is -2.45. The zero-order valence-electron chi connectivity index (χ0n) is 10.8. The number of rotatable bonds is 3. The first-order valence-electron chi connectivity index (χ1n) is 5.99. The molecule has 1 aliphatic rings. The molecule has 0 atom stereocenters. The average molecular weight is 252 g/mol. The van der Waals surface area contributed by atoms with Crippen molar-refractivity contribution in [1.82, 2.24) is 9.47 Å². The standard InChI is InChI=1S/C13H20N2OS/c1-13(2)10-15(7-8-17-13)9-12(16)11-5-4-6-14(11)3/h4-6H,7-10H2,1-3H3. The second-order valence-electron chi connectivity index (χ2n) is 5.25. The zero-order chi connectivity index (χ0) is 12.5. The third-order valence-corrected chi connectivity index (χ3v) is 4.40. The SMILES string of the molecule is Cn1cccc1C(=O)CN1CCSC(C)(C)C1. The van der Waals surface area contributed by atoms with Crippen LogP contribution in [0, 0.1) is 0 Å². The molecule has 1 aliphatic heterocycles. The van der Waals surface area contributed by atoms with Crippen LogP contribution < -0.4 is 0 Å². The van der Waals surface area contributed by atoms with Crippen LogP contribution in [0.5, 0.6) is 0 Å². The highest BCUT2D eigenvalue weighted by Crippen LogP contribution is 2.29. The molecule has 17 heavy (non-hydrogen) atoms. The van der Waals surface area contributed by atoms with Gasteiger partial charge in [0.05, 0.1) is 12.2 Å². The van der Waals surface area contributed by atoms with Gasteiger partial charge < -0.3 is 4.57 Å². The topological polar surface area (TPSA) is 25.2 Å². The van der Waals surface area contributed by atoms with Gasteiger partial charge in [0, 0.05) is 36.8 Å². The quantitative estimate of drug-likeness (QED) is 0.770. The van der Waals surface area contributed by atoms with Gasteiger partial charge in [0.25, 0.3) is 0 Å². The van der Waals surface area contributed by atoms with Gasteiger partial charge in [0.1, 0.15) is 0 Å². The van der Waals surface area contributed by atoms with Gasteiger partial charge in [-0.3, -0.25) is 9.69 Å². The van der Waals surface area contributed by atoms with Crippen molar-refractivity contribution in [1.29, 1.82) is 0 Å². The van der Waals surface area contributed by atoms with Gasteiger partial charge in [-0.2, -0.15) is 11.8 Å². The zero-order valence-corrected chi connectivity index (χ0v) is 11.6. The summed E-state index contributed by atoms with van der Waals surface area (Å²) < 4.78 is 2.17. The summed E-state index contributed by atoms with van der Waals surface area (Å²) in [6.45, 7) is 7.05. The van der Waals surface area contributed by atoms with Crippen LogP contribution in [-0.2, 0) is 7.05 Å². The van der Waals surface area contributed by atoms with E-state index in [0.717, 1.165) is 24.5 Å². The van der Waals surface area contributed by atoms with Crippen molar-refractivity contribution in [2.24, 2.45) is 7.05 Å². The fourth-order valence-corrected chi connectivity index (χ4v) is 3.46. The van der Waals surface area contributed by atoms with Crippen LogP contribution >= 0.6 is 11.8 Å². The predicted octanol–water partition coefficient (Wildman–Crippen LogP) is 2.04. The van der Waals surface area contributed by atoms with Crippen LogP contribution in [0.2, 0.25) is 0 Å². The molecule has 4 heteroatoms. The molecule has 3 nitrogen and oxygen atoms in total. The Kier molecular flexibility index (Phi) is 3.64. The molecule has 0 aliphatic carbocycles. The Morgan fingerprint density at radius 1 is 1.53 bits per heavy atom. The lowest BCUT2D eigenvalue weighted by atomic mass is 10.1. The number of nitrogens with zero attached hydrogens (tertiary/aromatic N) is 2. The van der Waals surface area contributed by atoms with E-state index in [1.807, 2.05) is 41.7 Å². The molecule has 94 valence electrons. The van der Waals surface area contributed by atoms with Gasteiger partial charge in [-0.15, -0.1) is 0 Å². The van der Waals surface area contributed by atoms with Crippen LogP contribution in [-0.4, -0.2) is 45.4 Å². The van der Waals surface area contributed by atoms with Crippen LogP contribution in [0.4, 0.5) is 0 Å². The summed E-state index contributed by atoms with van der Waals surface area (Å²) in [5.74, 6) is 1.34. The van der Waals surface area contributed by atoms with Gasteiger partial charge in [0.2, 0.25) is 0 Å². The number of carbonyl (C=O) groups is 1. The third-order valence-electron chi connectivity index (χ3n) is 3.10. The fourth-order valence-electron chi connectivity index (χ4n) is 2.28. The van der Waals surface area contributed by atoms with Crippen molar-refractivity contribution in [3.05, 3.63) is 24.0 Å². The van der Waals surface area contributed by atoms with E-state index in [-0.39, 0.29) is 10.5 Å². The third kappa shape index (κ3) is 3.13. The Morgan fingerprint density at radius 2 is 2.29 bits per heavy atom. The van der Waals surface area contributed by atoms with E-state index in [4.69, 9.17) is 0 Å². The van der Waals surface area contributed by atoms with Crippen molar-refractivity contribution in [2.75, 3.05) is 25.4 Å². The second-order valence-corrected chi connectivity index (χ2v) is 7.05. The normalized spacial score (nSPS) is 20.4. The summed E-state index contributed by atoms with van der Waals surface area (Å²) in [5, 5.41) is 0. The van der Waals surface area contributed by atoms with Crippen molar-refractivity contribution >= 4 is 17.5 Å². The number of hydrogen-bond donors (Lipinski definition) is 0. The summed E-state index contributed by atoms with van der Waals surface area (Å²) in [5.41, 5.74) is 0.807. The molecule has 1 saturated heterocycles. The number of aromatic nitrogens is 1. The largest absolute Gasteiger partial charge is 0.348 e. The molecule has 1 fully saturated rings. The first-order chi connectivity index (χ1) is 7.98. The molecule has 0 amide bonds. The number of hydrogen-bond acceptors (Lipinski definition) is 3. The van der Waals surface area contributed by atoms with Gasteiger partial charge in [-0.05, 0) is 26.0 Å². The molecule has 0 N–H and O–H groups in total. The average Bonchev–Trinajstić information content (AvgIpc) is 2.62. The molecule has 2 rings (SSSR count). The minimum absolute atomic E-state index is 0.222. The van der Waals surface area contributed by atoms with E-state index in [9.17, 15) is 4.79 Å². The Morgan fingerprint density at radius 3 is 2.88 bits per heavy atom. The van der Waals surface area contributed by atoms with Crippen molar-refractivity contribution < 1.29 is 4.79 Å². The van der Waals surface area contributed by atoms with Gasteiger partial charge in [0.15, 0.2) is 5.78 Å². The monoisotopic (exact) mass is 252 g/mol. The summed E-state index contributed by atoms with van der Waals surface area (Å²) in [6, 6.07) is 3.81. The molecule has 0 unspecified atom stereocenters. The fraction of sp³-hybridized carbons (Fsp3) is 0.615. The Bertz CT molecular complexity index is 411. The summed E-state index contributed by atoms with van der Waals surface area (Å²) >= 11 is 1.99. The van der Waals surface area contributed by atoms with Crippen LogP contribution in [0.15, 0.2) is 18.3 Å². The molecule has 0 saturated carbocycles. The van der Waals surface area contributed by atoms with Gasteiger partial charge >= 0.3 is 0 Å². The maximum atomic E-state index is 12.1. The molecule has 0 bridgehead atoms.